The Balaban J connectivity index is 2.95. The number of halogens is 2. The molecule has 1 atom stereocenters. The van der Waals surface area contributed by atoms with Crippen LogP contribution in [0.15, 0.2) is 22.7 Å². The molecule has 4 heteroatoms. The zero-order valence-corrected chi connectivity index (χ0v) is 11.3. The minimum absolute atomic E-state index is 0.106. The Morgan fingerprint density at radius 1 is 1.47 bits per heavy atom. The first kappa shape index (κ1) is 13.0. The molecule has 0 bridgehead atoms. The molecular formula is C11H16BrClN2. The molecule has 0 radical (unpaired) electrons. The summed E-state index contributed by atoms with van der Waals surface area (Å²) >= 11 is 9.57. The van der Waals surface area contributed by atoms with Gasteiger partial charge >= 0.3 is 0 Å². The Kier molecular flexibility index (Phi) is 5.06. The van der Waals surface area contributed by atoms with E-state index in [1.807, 2.05) is 18.2 Å². The Hall–Kier alpha value is -0.0900. The average Bonchev–Trinajstić information content (AvgIpc) is 2.18. The molecule has 0 spiro atoms. The summed E-state index contributed by atoms with van der Waals surface area (Å²) in [5.41, 5.74) is 6.78. The number of nitrogens with one attached hydrogen (secondary N) is 1. The number of rotatable bonds is 4. The van der Waals surface area contributed by atoms with Gasteiger partial charge in [-0.2, -0.15) is 0 Å². The predicted octanol–water partition coefficient (Wildman–Crippen LogP) is 3.10. The molecule has 3 N–H and O–H groups in total. The van der Waals surface area contributed by atoms with Crippen molar-refractivity contribution in [3.05, 3.63) is 33.3 Å². The van der Waals surface area contributed by atoms with Crippen LogP contribution in [-0.2, 0) is 0 Å². The number of hydrogen-bond donors (Lipinski definition) is 2. The van der Waals surface area contributed by atoms with Gasteiger partial charge in [0.05, 0.1) is 0 Å². The van der Waals surface area contributed by atoms with Crippen LogP contribution in [0.1, 0.15) is 25.5 Å². The lowest BCUT2D eigenvalue weighted by Crippen LogP contribution is -2.33. The zero-order chi connectivity index (χ0) is 11.4. The maximum atomic E-state index is 6.14. The molecule has 0 saturated heterocycles. The second kappa shape index (κ2) is 5.85. The second-order valence-corrected chi connectivity index (χ2v) is 5.10. The van der Waals surface area contributed by atoms with E-state index in [4.69, 9.17) is 17.3 Å². The summed E-state index contributed by atoms with van der Waals surface area (Å²) in [6.45, 7) is 4.72. The van der Waals surface area contributed by atoms with Crippen LogP contribution in [0.25, 0.3) is 0 Å². The molecule has 0 heterocycles. The molecule has 0 aliphatic rings. The van der Waals surface area contributed by atoms with E-state index in [-0.39, 0.29) is 6.04 Å². The summed E-state index contributed by atoms with van der Waals surface area (Å²) < 4.78 is 1.02. The van der Waals surface area contributed by atoms with Crippen molar-refractivity contribution in [1.82, 2.24) is 5.32 Å². The summed E-state index contributed by atoms with van der Waals surface area (Å²) in [4.78, 5) is 0. The van der Waals surface area contributed by atoms with Crippen LogP contribution < -0.4 is 11.1 Å². The third kappa shape index (κ3) is 3.76. The maximum absolute atomic E-state index is 6.14. The SMILES string of the molecule is CC(C)NC(CN)c1cc(Br)ccc1Cl. The summed E-state index contributed by atoms with van der Waals surface area (Å²) in [5, 5.41) is 4.14. The Morgan fingerprint density at radius 2 is 2.13 bits per heavy atom. The number of hydrogen-bond acceptors (Lipinski definition) is 2. The van der Waals surface area contributed by atoms with Gasteiger partial charge in [-0.15, -0.1) is 0 Å². The minimum Gasteiger partial charge on any atom is -0.329 e. The van der Waals surface area contributed by atoms with Crippen molar-refractivity contribution in [3.8, 4) is 0 Å². The monoisotopic (exact) mass is 290 g/mol. The third-order valence-electron chi connectivity index (χ3n) is 2.10. The van der Waals surface area contributed by atoms with E-state index in [2.05, 4.69) is 35.1 Å². The molecule has 0 aliphatic heterocycles. The highest BCUT2D eigenvalue weighted by Gasteiger charge is 2.14. The van der Waals surface area contributed by atoms with Gasteiger partial charge < -0.3 is 11.1 Å². The van der Waals surface area contributed by atoms with Crippen molar-refractivity contribution in [2.45, 2.75) is 25.9 Å². The lowest BCUT2D eigenvalue weighted by atomic mass is 10.1. The Labute approximate surface area is 104 Å². The fourth-order valence-corrected chi connectivity index (χ4v) is 2.10. The van der Waals surface area contributed by atoms with Crippen molar-refractivity contribution >= 4 is 27.5 Å². The zero-order valence-electron chi connectivity index (χ0n) is 8.93. The van der Waals surface area contributed by atoms with Crippen molar-refractivity contribution in [3.63, 3.8) is 0 Å². The van der Waals surface area contributed by atoms with E-state index in [0.717, 1.165) is 15.1 Å². The predicted molar refractivity (Wildman–Crippen MR) is 69.2 cm³/mol. The van der Waals surface area contributed by atoms with E-state index in [0.29, 0.717) is 12.6 Å². The number of nitrogens with two attached hydrogens (primary N) is 1. The molecular weight excluding hydrogens is 275 g/mol. The van der Waals surface area contributed by atoms with Gasteiger partial charge in [-0.3, -0.25) is 0 Å². The topological polar surface area (TPSA) is 38.0 Å². The summed E-state index contributed by atoms with van der Waals surface area (Å²) in [5.74, 6) is 0. The first-order chi connectivity index (χ1) is 7.04. The molecule has 1 rings (SSSR count). The van der Waals surface area contributed by atoms with Crippen molar-refractivity contribution in [2.24, 2.45) is 5.73 Å². The summed E-state index contributed by atoms with van der Waals surface area (Å²) in [7, 11) is 0. The van der Waals surface area contributed by atoms with E-state index in [1.165, 1.54) is 0 Å². The third-order valence-corrected chi connectivity index (χ3v) is 2.94. The van der Waals surface area contributed by atoms with Gasteiger partial charge in [-0.1, -0.05) is 41.4 Å². The summed E-state index contributed by atoms with van der Waals surface area (Å²) in [6.07, 6.45) is 0. The average molecular weight is 292 g/mol. The van der Waals surface area contributed by atoms with Crippen LogP contribution in [0.5, 0.6) is 0 Å². The van der Waals surface area contributed by atoms with E-state index >= 15 is 0 Å². The molecule has 0 aliphatic carbocycles. The van der Waals surface area contributed by atoms with Crippen LogP contribution in [-0.4, -0.2) is 12.6 Å². The molecule has 1 aromatic carbocycles. The molecule has 2 nitrogen and oxygen atoms in total. The van der Waals surface area contributed by atoms with Crippen LogP contribution in [0.3, 0.4) is 0 Å². The normalized spacial score (nSPS) is 13.2. The highest BCUT2D eigenvalue weighted by atomic mass is 79.9. The van der Waals surface area contributed by atoms with Gasteiger partial charge in [0.25, 0.3) is 0 Å². The van der Waals surface area contributed by atoms with Gasteiger partial charge in [0.1, 0.15) is 0 Å². The lowest BCUT2D eigenvalue weighted by molar-refractivity contribution is 0.484. The van der Waals surface area contributed by atoms with Crippen molar-refractivity contribution < 1.29 is 0 Å². The fraction of sp³-hybridized carbons (Fsp3) is 0.455. The van der Waals surface area contributed by atoms with Gasteiger partial charge in [0.15, 0.2) is 0 Å². The molecule has 0 fully saturated rings. The Bertz CT molecular complexity index is 328. The van der Waals surface area contributed by atoms with Gasteiger partial charge in [-0.05, 0) is 23.8 Å². The van der Waals surface area contributed by atoms with Crippen LogP contribution in [0, 0.1) is 0 Å². The molecule has 15 heavy (non-hydrogen) atoms. The van der Waals surface area contributed by atoms with Crippen molar-refractivity contribution in [1.29, 1.82) is 0 Å². The smallest absolute Gasteiger partial charge is 0.0461 e. The minimum atomic E-state index is 0.106. The van der Waals surface area contributed by atoms with Crippen LogP contribution >= 0.6 is 27.5 Å². The van der Waals surface area contributed by atoms with Crippen LogP contribution in [0.2, 0.25) is 5.02 Å². The van der Waals surface area contributed by atoms with E-state index < -0.39 is 0 Å². The largest absolute Gasteiger partial charge is 0.329 e. The maximum Gasteiger partial charge on any atom is 0.0461 e. The van der Waals surface area contributed by atoms with E-state index in [1.54, 1.807) is 0 Å². The number of benzene rings is 1. The molecule has 0 aromatic heterocycles. The standard InChI is InChI=1S/C11H16BrClN2/c1-7(2)15-11(6-14)9-5-8(12)3-4-10(9)13/h3-5,7,11,15H,6,14H2,1-2H3. The molecule has 84 valence electrons. The molecule has 1 unspecified atom stereocenters. The first-order valence-corrected chi connectivity index (χ1v) is 6.12. The molecule has 1 aromatic rings. The Morgan fingerprint density at radius 3 is 2.67 bits per heavy atom. The van der Waals surface area contributed by atoms with Gasteiger partial charge in [0.2, 0.25) is 0 Å². The van der Waals surface area contributed by atoms with Crippen molar-refractivity contribution in [2.75, 3.05) is 6.54 Å². The van der Waals surface area contributed by atoms with E-state index in [9.17, 15) is 0 Å². The second-order valence-electron chi connectivity index (χ2n) is 3.78. The highest BCUT2D eigenvalue weighted by Crippen LogP contribution is 2.26. The fourth-order valence-electron chi connectivity index (χ4n) is 1.47. The molecule has 0 saturated carbocycles. The highest BCUT2D eigenvalue weighted by molar-refractivity contribution is 9.10. The first-order valence-electron chi connectivity index (χ1n) is 4.95. The van der Waals surface area contributed by atoms with Crippen LogP contribution in [0.4, 0.5) is 0 Å². The quantitative estimate of drug-likeness (QED) is 0.894. The summed E-state index contributed by atoms with van der Waals surface area (Å²) in [6, 6.07) is 6.30. The van der Waals surface area contributed by atoms with Gasteiger partial charge in [0, 0.05) is 28.1 Å². The molecule has 0 amide bonds. The lowest BCUT2D eigenvalue weighted by Gasteiger charge is -2.21. The van der Waals surface area contributed by atoms with Gasteiger partial charge in [-0.25, -0.2) is 0 Å².